The van der Waals surface area contributed by atoms with Gasteiger partial charge in [-0.25, -0.2) is 0 Å². The van der Waals surface area contributed by atoms with Gasteiger partial charge in [0.15, 0.2) is 0 Å². The van der Waals surface area contributed by atoms with Gasteiger partial charge in [-0.3, -0.25) is 9.79 Å². The van der Waals surface area contributed by atoms with Crippen molar-refractivity contribution in [3.8, 4) is 0 Å². The fraction of sp³-hybridized carbons (Fsp3) is 0.429. The number of unbranched alkanes of at least 4 members (excludes halogenated alkanes) is 1. The number of ether oxygens (including phenoxy) is 1. The first kappa shape index (κ1) is 33.8. The maximum absolute atomic E-state index is 12.8. The van der Waals surface area contributed by atoms with Crippen LogP contribution in [-0.4, -0.2) is 43.3 Å². The maximum atomic E-state index is 12.8. The smallest absolute Gasteiger partial charge is 0.416 e. The van der Waals surface area contributed by atoms with Crippen LogP contribution in [0.3, 0.4) is 0 Å². The van der Waals surface area contributed by atoms with Crippen molar-refractivity contribution >= 4 is 17.9 Å². The zero-order valence-electron chi connectivity index (χ0n) is 25.6. The third-order valence-electron chi connectivity index (χ3n) is 7.14. The number of benzene rings is 3. The first-order chi connectivity index (χ1) is 20.7. The summed E-state index contributed by atoms with van der Waals surface area (Å²) in [6.07, 6.45) is 1.72. The van der Waals surface area contributed by atoms with Gasteiger partial charge in [-0.05, 0) is 80.2 Å². The van der Waals surface area contributed by atoms with Crippen LogP contribution in [0.5, 0.6) is 0 Å². The van der Waals surface area contributed by atoms with Crippen molar-refractivity contribution in [2.24, 2.45) is 4.99 Å². The number of esters is 1. The number of para-hydroxylation sites is 1. The van der Waals surface area contributed by atoms with Gasteiger partial charge >= 0.3 is 12.1 Å². The summed E-state index contributed by atoms with van der Waals surface area (Å²) in [5.74, 6) is -0.301. The summed E-state index contributed by atoms with van der Waals surface area (Å²) in [5, 5.41) is 0. The molecule has 43 heavy (non-hydrogen) atoms. The third kappa shape index (κ3) is 11.9. The van der Waals surface area contributed by atoms with Crippen LogP contribution >= 0.6 is 0 Å². The lowest BCUT2D eigenvalue weighted by molar-refractivity contribution is -0.142. The molecule has 0 unspecified atom stereocenters. The van der Waals surface area contributed by atoms with Crippen molar-refractivity contribution in [1.29, 1.82) is 0 Å². The zero-order chi connectivity index (χ0) is 31.1. The third-order valence-corrected chi connectivity index (χ3v) is 7.14. The molecule has 232 valence electrons. The number of rotatable bonds is 17. The summed E-state index contributed by atoms with van der Waals surface area (Å²) in [5.41, 5.74) is 4.16. The molecule has 5 nitrogen and oxygen atoms in total. The molecule has 0 aliphatic rings. The molecular weight excluding hydrogens is 551 g/mol. The van der Waals surface area contributed by atoms with E-state index in [4.69, 9.17) is 4.74 Å². The molecule has 0 aromatic heterocycles. The molecular formula is C35H44F3N3O2. The molecule has 3 rings (SSSR count). The number of hydrogen-bond acceptors (Lipinski definition) is 5. The van der Waals surface area contributed by atoms with Crippen molar-refractivity contribution in [2.45, 2.75) is 72.3 Å². The highest BCUT2D eigenvalue weighted by Gasteiger charge is 2.29. The lowest BCUT2D eigenvalue weighted by Crippen LogP contribution is -2.29. The number of carbonyl (C=O) groups is 1. The Labute approximate surface area is 254 Å². The summed E-state index contributed by atoms with van der Waals surface area (Å²) in [4.78, 5) is 20.8. The monoisotopic (exact) mass is 595 g/mol. The SMILES string of the molecule is CCCN(CCC)CCCCN(Cc1ccc(C/N=C/c2ccc(C(F)(F)F)cc2)cc1)c1ccccc1COC(C)=O. The van der Waals surface area contributed by atoms with E-state index in [1.807, 2.05) is 30.3 Å². The summed E-state index contributed by atoms with van der Waals surface area (Å²) < 4.78 is 43.7. The van der Waals surface area contributed by atoms with Gasteiger partial charge in [0.2, 0.25) is 0 Å². The second-order valence-electron chi connectivity index (χ2n) is 10.8. The molecule has 0 aliphatic heterocycles. The van der Waals surface area contributed by atoms with Crippen LogP contribution in [0.1, 0.15) is 74.3 Å². The minimum absolute atomic E-state index is 0.235. The average molecular weight is 596 g/mol. The summed E-state index contributed by atoms with van der Waals surface area (Å²) in [7, 11) is 0. The first-order valence-electron chi connectivity index (χ1n) is 15.1. The lowest BCUT2D eigenvalue weighted by atomic mass is 10.1. The highest BCUT2D eigenvalue weighted by Crippen LogP contribution is 2.29. The summed E-state index contributed by atoms with van der Waals surface area (Å²) >= 11 is 0. The Morgan fingerprint density at radius 1 is 0.837 bits per heavy atom. The number of aliphatic imine (C=N–C) groups is 1. The Bertz CT molecular complexity index is 1270. The minimum atomic E-state index is -4.35. The van der Waals surface area contributed by atoms with Crippen LogP contribution in [0, 0.1) is 0 Å². The van der Waals surface area contributed by atoms with Crippen molar-refractivity contribution in [2.75, 3.05) is 31.1 Å². The second-order valence-corrected chi connectivity index (χ2v) is 10.8. The van der Waals surface area contributed by atoms with Crippen LogP contribution in [-0.2, 0) is 35.4 Å². The first-order valence-corrected chi connectivity index (χ1v) is 15.1. The molecule has 0 aliphatic carbocycles. The van der Waals surface area contributed by atoms with E-state index in [9.17, 15) is 18.0 Å². The molecule has 0 atom stereocenters. The molecule has 0 fully saturated rings. The van der Waals surface area contributed by atoms with E-state index < -0.39 is 11.7 Å². The standard InChI is InChI=1S/C35H44F3N3O2/c1-4-20-40(21-5-2)22-8-9-23-41(34-11-7-6-10-32(34)27-43-28(3)42)26-31-14-12-29(13-15-31)24-39-25-30-16-18-33(19-17-30)35(36,37)38/h6-7,10-19,25H,4-5,8-9,20-24,26-27H2,1-3H3/b39-25+. The number of hydrogen-bond donors (Lipinski definition) is 0. The molecule has 0 N–H and O–H groups in total. The van der Waals surface area contributed by atoms with Crippen LogP contribution < -0.4 is 4.90 Å². The highest BCUT2D eigenvalue weighted by molar-refractivity contribution is 5.79. The van der Waals surface area contributed by atoms with E-state index in [1.165, 1.54) is 19.1 Å². The van der Waals surface area contributed by atoms with Crippen LogP contribution in [0.25, 0.3) is 0 Å². The minimum Gasteiger partial charge on any atom is -0.461 e. The molecule has 0 amide bonds. The van der Waals surface area contributed by atoms with E-state index in [2.05, 4.69) is 46.8 Å². The number of carbonyl (C=O) groups excluding carboxylic acids is 1. The van der Waals surface area contributed by atoms with Gasteiger partial charge in [-0.1, -0.05) is 68.4 Å². The van der Waals surface area contributed by atoms with Crippen molar-refractivity contribution in [3.05, 3.63) is 101 Å². The topological polar surface area (TPSA) is 45.1 Å². The largest absolute Gasteiger partial charge is 0.461 e. The van der Waals surface area contributed by atoms with Crippen molar-refractivity contribution < 1.29 is 22.7 Å². The van der Waals surface area contributed by atoms with E-state index in [0.29, 0.717) is 18.7 Å². The van der Waals surface area contributed by atoms with Gasteiger partial charge in [-0.15, -0.1) is 0 Å². The average Bonchev–Trinajstić information content (AvgIpc) is 2.98. The van der Waals surface area contributed by atoms with E-state index in [1.54, 1.807) is 6.21 Å². The number of halogens is 3. The van der Waals surface area contributed by atoms with E-state index >= 15 is 0 Å². The predicted molar refractivity (Wildman–Crippen MR) is 168 cm³/mol. The highest BCUT2D eigenvalue weighted by atomic mass is 19.4. The Hall–Kier alpha value is -3.65. The Morgan fingerprint density at radius 2 is 1.47 bits per heavy atom. The second kappa shape index (κ2) is 17.5. The molecule has 0 saturated carbocycles. The quantitative estimate of drug-likeness (QED) is 0.0895. The number of alkyl halides is 3. The molecule has 0 spiro atoms. The summed E-state index contributed by atoms with van der Waals surface area (Å²) in [6, 6.07) is 21.3. The Kier molecular flexibility index (Phi) is 13.7. The molecule has 0 heterocycles. The van der Waals surface area contributed by atoms with E-state index in [-0.39, 0.29) is 12.6 Å². The Balaban J connectivity index is 1.66. The van der Waals surface area contributed by atoms with Crippen LogP contribution in [0.2, 0.25) is 0 Å². The fourth-order valence-electron chi connectivity index (χ4n) is 5.00. The number of nitrogens with zero attached hydrogens (tertiary/aromatic N) is 3. The van der Waals surface area contributed by atoms with Gasteiger partial charge in [-0.2, -0.15) is 13.2 Å². The Morgan fingerprint density at radius 3 is 2.09 bits per heavy atom. The maximum Gasteiger partial charge on any atom is 0.416 e. The lowest BCUT2D eigenvalue weighted by Gasteiger charge is -2.28. The molecule has 3 aromatic carbocycles. The van der Waals surface area contributed by atoms with Crippen LogP contribution in [0.15, 0.2) is 77.8 Å². The zero-order valence-corrected chi connectivity index (χ0v) is 25.6. The van der Waals surface area contributed by atoms with Gasteiger partial charge < -0.3 is 14.5 Å². The predicted octanol–water partition coefficient (Wildman–Crippen LogP) is 8.30. The molecule has 8 heteroatoms. The van der Waals surface area contributed by atoms with Crippen molar-refractivity contribution in [1.82, 2.24) is 4.90 Å². The molecule has 0 bridgehead atoms. The van der Waals surface area contributed by atoms with E-state index in [0.717, 1.165) is 86.4 Å². The normalized spacial score (nSPS) is 11.8. The molecule has 0 radical (unpaired) electrons. The van der Waals surface area contributed by atoms with Crippen molar-refractivity contribution in [3.63, 3.8) is 0 Å². The molecule has 0 saturated heterocycles. The van der Waals surface area contributed by atoms with Gasteiger partial charge in [0.25, 0.3) is 0 Å². The molecule has 3 aromatic rings. The van der Waals surface area contributed by atoms with Crippen LogP contribution in [0.4, 0.5) is 18.9 Å². The van der Waals surface area contributed by atoms with Gasteiger partial charge in [0.1, 0.15) is 6.61 Å². The van der Waals surface area contributed by atoms with Gasteiger partial charge in [0, 0.05) is 37.5 Å². The summed E-state index contributed by atoms with van der Waals surface area (Å²) in [6.45, 7) is 11.5. The number of anilines is 1. The van der Waals surface area contributed by atoms with Gasteiger partial charge in [0.05, 0.1) is 12.1 Å². The fourth-order valence-corrected chi connectivity index (χ4v) is 5.00.